The smallest absolute Gasteiger partial charge is 0.105 e. The third-order valence-corrected chi connectivity index (χ3v) is 5.47. The zero-order valence-corrected chi connectivity index (χ0v) is 13.6. The predicted molar refractivity (Wildman–Crippen MR) is 87.6 cm³/mol. The van der Waals surface area contributed by atoms with E-state index in [2.05, 4.69) is 64.1 Å². The van der Waals surface area contributed by atoms with E-state index in [9.17, 15) is 0 Å². The maximum Gasteiger partial charge on any atom is 0.105 e. The van der Waals surface area contributed by atoms with Crippen LogP contribution in [-0.2, 0) is 9.47 Å². The van der Waals surface area contributed by atoms with Crippen LogP contribution >= 0.6 is 0 Å². The van der Waals surface area contributed by atoms with Crippen molar-refractivity contribution in [3.05, 3.63) is 69.8 Å². The Morgan fingerprint density at radius 1 is 0.636 bits per heavy atom. The molecule has 4 atom stereocenters. The summed E-state index contributed by atoms with van der Waals surface area (Å²) in [5, 5.41) is 0. The van der Waals surface area contributed by atoms with Gasteiger partial charge in [0.1, 0.15) is 12.2 Å². The Bertz CT molecular complexity index is 666. The van der Waals surface area contributed by atoms with Gasteiger partial charge in [-0.2, -0.15) is 0 Å². The second-order valence-electron chi connectivity index (χ2n) is 6.62. The molecule has 0 N–H and O–H groups in total. The van der Waals surface area contributed by atoms with Crippen molar-refractivity contribution in [2.75, 3.05) is 0 Å². The summed E-state index contributed by atoms with van der Waals surface area (Å²) in [6, 6.07) is 8.53. The highest BCUT2D eigenvalue weighted by Gasteiger charge is 2.40. The van der Waals surface area contributed by atoms with E-state index in [0.717, 1.165) is 0 Å². The molecule has 22 heavy (non-hydrogen) atoms. The van der Waals surface area contributed by atoms with E-state index < -0.39 is 0 Å². The van der Waals surface area contributed by atoms with Crippen LogP contribution in [0.1, 0.15) is 51.0 Å². The Morgan fingerprint density at radius 2 is 1.09 bits per heavy atom. The first-order chi connectivity index (χ1) is 10.6. The highest BCUT2D eigenvalue weighted by atomic mass is 16.5. The van der Waals surface area contributed by atoms with Crippen molar-refractivity contribution < 1.29 is 9.47 Å². The summed E-state index contributed by atoms with van der Waals surface area (Å²) < 4.78 is 11.4. The lowest BCUT2D eigenvalue weighted by atomic mass is 9.88. The van der Waals surface area contributed by atoms with Crippen LogP contribution in [0.5, 0.6) is 0 Å². The van der Waals surface area contributed by atoms with E-state index >= 15 is 0 Å². The molecular weight excluding hydrogens is 272 g/mol. The van der Waals surface area contributed by atoms with Crippen LogP contribution in [0, 0.1) is 0 Å². The third-order valence-electron chi connectivity index (χ3n) is 5.47. The van der Waals surface area contributed by atoms with Gasteiger partial charge in [-0.15, -0.1) is 0 Å². The number of fused-ring (bicyclic) bond motifs is 7. The molecule has 0 aromatic heterocycles. The third kappa shape index (κ3) is 1.87. The molecule has 4 aliphatic heterocycles. The largest absolute Gasteiger partial charge is 0.358 e. The second kappa shape index (κ2) is 4.94. The molecule has 5 rings (SSSR count). The van der Waals surface area contributed by atoms with E-state index in [-0.39, 0.29) is 12.2 Å². The van der Waals surface area contributed by atoms with Crippen LogP contribution in [0.3, 0.4) is 0 Å². The average Bonchev–Trinajstić information content (AvgIpc) is 3.27. The molecule has 4 heterocycles. The van der Waals surface area contributed by atoms with Gasteiger partial charge in [0.25, 0.3) is 0 Å². The molecule has 0 saturated heterocycles. The van der Waals surface area contributed by atoms with E-state index in [1.807, 2.05) is 0 Å². The molecular formula is C20H22O2. The summed E-state index contributed by atoms with van der Waals surface area (Å²) in [6.07, 6.45) is 5.40. The lowest BCUT2D eigenvalue weighted by Crippen LogP contribution is -2.00. The van der Waals surface area contributed by atoms with Crippen LogP contribution in [0.25, 0.3) is 0 Å². The van der Waals surface area contributed by atoms with Crippen LogP contribution in [-0.4, -0.2) is 12.2 Å². The Morgan fingerprint density at radius 3 is 1.45 bits per heavy atom. The van der Waals surface area contributed by atoms with E-state index in [0.29, 0.717) is 12.2 Å². The molecule has 4 bridgehead atoms. The molecule has 2 nitrogen and oxygen atoms in total. The molecule has 1 aromatic carbocycles. The molecule has 2 heteroatoms. The normalized spacial score (nSPS) is 33.5. The lowest BCUT2D eigenvalue weighted by molar-refractivity contribution is 0.0793. The van der Waals surface area contributed by atoms with E-state index in [4.69, 9.17) is 9.47 Å². The monoisotopic (exact) mass is 294 g/mol. The molecule has 4 unspecified atom stereocenters. The fourth-order valence-electron chi connectivity index (χ4n) is 3.75. The van der Waals surface area contributed by atoms with Gasteiger partial charge in [0.05, 0.1) is 12.2 Å². The van der Waals surface area contributed by atoms with E-state index in [1.165, 1.54) is 33.4 Å². The van der Waals surface area contributed by atoms with Crippen LogP contribution in [0.2, 0.25) is 0 Å². The summed E-state index contributed by atoms with van der Waals surface area (Å²) >= 11 is 0. The van der Waals surface area contributed by atoms with Crippen molar-refractivity contribution in [3.8, 4) is 0 Å². The van der Waals surface area contributed by atoms with Crippen molar-refractivity contribution in [2.24, 2.45) is 0 Å². The minimum atomic E-state index is 0.251. The van der Waals surface area contributed by atoms with Gasteiger partial charge in [-0.05, 0) is 61.1 Å². The summed E-state index contributed by atoms with van der Waals surface area (Å²) in [5.41, 5.74) is 8.36. The van der Waals surface area contributed by atoms with Gasteiger partial charge in [0, 0.05) is 0 Å². The predicted octanol–water partition coefficient (Wildman–Crippen LogP) is 4.81. The SMILES string of the molecule is CC1=C(C)C2C=CC1O2.CC1=C(C)C2OC1c1ccccc12. The maximum atomic E-state index is 5.89. The quantitative estimate of drug-likeness (QED) is 0.639. The molecule has 0 aliphatic carbocycles. The Kier molecular flexibility index (Phi) is 3.14. The first kappa shape index (κ1) is 14.0. The van der Waals surface area contributed by atoms with Crippen molar-refractivity contribution in [1.82, 2.24) is 0 Å². The fraction of sp³-hybridized carbons (Fsp3) is 0.400. The molecule has 0 amide bonds. The summed E-state index contributed by atoms with van der Waals surface area (Å²) in [6.45, 7) is 8.64. The van der Waals surface area contributed by atoms with Gasteiger partial charge in [-0.25, -0.2) is 0 Å². The fourth-order valence-corrected chi connectivity index (χ4v) is 3.75. The average molecular weight is 294 g/mol. The van der Waals surface area contributed by atoms with E-state index in [1.54, 1.807) is 0 Å². The number of benzene rings is 1. The molecule has 0 radical (unpaired) electrons. The van der Waals surface area contributed by atoms with Crippen LogP contribution < -0.4 is 0 Å². The lowest BCUT2D eigenvalue weighted by Gasteiger charge is -2.13. The Balaban J connectivity index is 0.000000122. The summed E-state index contributed by atoms with van der Waals surface area (Å²) in [7, 11) is 0. The first-order valence-electron chi connectivity index (χ1n) is 8.00. The first-order valence-corrected chi connectivity index (χ1v) is 8.00. The minimum Gasteiger partial charge on any atom is -0.358 e. The Hall–Kier alpha value is -1.64. The minimum absolute atomic E-state index is 0.251. The summed E-state index contributed by atoms with van der Waals surface area (Å²) in [5.74, 6) is 0. The molecule has 0 saturated carbocycles. The highest BCUT2D eigenvalue weighted by Crippen LogP contribution is 2.53. The topological polar surface area (TPSA) is 18.5 Å². The van der Waals surface area contributed by atoms with Gasteiger partial charge >= 0.3 is 0 Å². The van der Waals surface area contributed by atoms with Gasteiger partial charge in [0.15, 0.2) is 0 Å². The summed E-state index contributed by atoms with van der Waals surface area (Å²) in [4.78, 5) is 0. The zero-order chi connectivity index (χ0) is 15.4. The standard InChI is InChI=1S/C12H12O.C8H10O/c1-7-8(2)12-10-6-4-3-5-9(10)11(7)13-12;1-5-6(2)8-4-3-7(5)9-8/h3-6,11-12H,1-2H3;3-4,7-8H,1-2H3. The zero-order valence-electron chi connectivity index (χ0n) is 13.6. The van der Waals surface area contributed by atoms with Crippen molar-refractivity contribution >= 4 is 0 Å². The maximum absolute atomic E-state index is 5.89. The van der Waals surface area contributed by atoms with Crippen molar-refractivity contribution in [2.45, 2.75) is 52.1 Å². The molecule has 1 aromatic rings. The Labute approximate surface area is 132 Å². The molecule has 114 valence electrons. The second-order valence-corrected chi connectivity index (χ2v) is 6.62. The number of hydrogen-bond acceptors (Lipinski definition) is 2. The number of hydrogen-bond donors (Lipinski definition) is 0. The van der Waals surface area contributed by atoms with Gasteiger partial charge < -0.3 is 9.47 Å². The number of rotatable bonds is 0. The van der Waals surface area contributed by atoms with Crippen molar-refractivity contribution in [3.63, 3.8) is 0 Å². The highest BCUT2D eigenvalue weighted by molar-refractivity contribution is 5.48. The number of ether oxygens (including phenoxy) is 2. The van der Waals surface area contributed by atoms with Gasteiger partial charge in [0.2, 0.25) is 0 Å². The van der Waals surface area contributed by atoms with Crippen LogP contribution in [0.4, 0.5) is 0 Å². The molecule has 0 spiro atoms. The molecule has 4 aliphatic rings. The molecule has 0 fully saturated rings. The van der Waals surface area contributed by atoms with Gasteiger partial charge in [-0.1, -0.05) is 36.4 Å². The van der Waals surface area contributed by atoms with Crippen molar-refractivity contribution in [1.29, 1.82) is 0 Å². The van der Waals surface area contributed by atoms with Gasteiger partial charge in [-0.3, -0.25) is 0 Å². The van der Waals surface area contributed by atoms with Crippen LogP contribution in [0.15, 0.2) is 58.7 Å².